The summed E-state index contributed by atoms with van der Waals surface area (Å²) in [7, 11) is 2.10. The Labute approximate surface area is 142 Å². The first-order chi connectivity index (χ1) is 10.6. The zero-order chi connectivity index (χ0) is 15.8. The number of anilines is 2. The summed E-state index contributed by atoms with van der Waals surface area (Å²) in [5, 5.41) is 7.70. The molecule has 22 heavy (non-hydrogen) atoms. The Morgan fingerprint density at radius 2 is 1.77 bits per heavy atom. The second-order valence-electron chi connectivity index (χ2n) is 5.00. The van der Waals surface area contributed by atoms with Crippen molar-refractivity contribution in [2.24, 2.45) is 0 Å². The third-order valence-corrected chi connectivity index (χ3v) is 3.75. The van der Waals surface area contributed by atoms with Crippen molar-refractivity contribution in [2.45, 2.75) is 6.42 Å². The molecule has 2 aromatic rings. The van der Waals surface area contributed by atoms with Crippen LogP contribution in [0.2, 0.25) is 5.02 Å². The molecule has 0 atom stereocenters. The van der Waals surface area contributed by atoms with Crippen LogP contribution in [0.1, 0.15) is 6.42 Å². The van der Waals surface area contributed by atoms with E-state index in [4.69, 9.17) is 23.8 Å². The minimum atomic E-state index is 0.629. The summed E-state index contributed by atoms with van der Waals surface area (Å²) in [5.74, 6) is 0. The molecule has 116 valence electrons. The van der Waals surface area contributed by atoms with Gasteiger partial charge < -0.3 is 15.5 Å². The molecule has 0 amide bonds. The SMILES string of the molecule is CN(CCCNC(=S)Nc1ccc(Cl)cc1)c1ccccc1. The number of benzene rings is 2. The summed E-state index contributed by atoms with van der Waals surface area (Å²) in [5.41, 5.74) is 2.16. The highest BCUT2D eigenvalue weighted by atomic mass is 35.5. The van der Waals surface area contributed by atoms with Gasteiger partial charge in [0, 0.05) is 36.5 Å². The van der Waals surface area contributed by atoms with Gasteiger partial charge in [-0.3, -0.25) is 0 Å². The Kier molecular flexibility index (Phi) is 6.49. The molecule has 0 aliphatic heterocycles. The molecule has 0 unspecified atom stereocenters. The second kappa shape index (κ2) is 8.61. The van der Waals surface area contributed by atoms with Crippen LogP contribution in [0.4, 0.5) is 11.4 Å². The van der Waals surface area contributed by atoms with E-state index in [9.17, 15) is 0 Å². The Morgan fingerprint density at radius 3 is 2.45 bits per heavy atom. The van der Waals surface area contributed by atoms with E-state index in [0.29, 0.717) is 10.1 Å². The number of hydrogen-bond acceptors (Lipinski definition) is 2. The fourth-order valence-corrected chi connectivity index (χ4v) is 2.38. The first kappa shape index (κ1) is 16.6. The standard InChI is InChI=1S/C17H20ClN3S/c1-21(16-6-3-2-4-7-16)13-5-12-19-17(22)20-15-10-8-14(18)9-11-15/h2-4,6-11H,5,12-13H2,1H3,(H2,19,20,22). The van der Waals surface area contributed by atoms with Crippen LogP contribution < -0.4 is 15.5 Å². The lowest BCUT2D eigenvalue weighted by molar-refractivity contribution is 0.755. The number of nitrogens with one attached hydrogen (secondary N) is 2. The van der Waals surface area contributed by atoms with Gasteiger partial charge in [0.15, 0.2) is 5.11 Å². The summed E-state index contributed by atoms with van der Waals surface area (Å²) in [6.45, 7) is 1.80. The van der Waals surface area contributed by atoms with E-state index in [0.717, 1.165) is 25.2 Å². The molecule has 0 aliphatic carbocycles. The first-order valence-corrected chi connectivity index (χ1v) is 8.00. The lowest BCUT2D eigenvalue weighted by atomic mass is 10.3. The summed E-state index contributed by atoms with van der Waals surface area (Å²) >= 11 is 11.1. The molecule has 0 saturated carbocycles. The first-order valence-electron chi connectivity index (χ1n) is 7.22. The summed E-state index contributed by atoms with van der Waals surface area (Å²) in [4.78, 5) is 2.23. The molecular formula is C17H20ClN3S. The lowest BCUT2D eigenvalue weighted by Gasteiger charge is -2.19. The third kappa shape index (κ3) is 5.54. The van der Waals surface area contributed by atoms with Gasteiger partial charge in [-0.1, -0.05) is 29.8 Å². The van der Waals surface area contributed by atoms with Crippen LogP contribution in [-0.4, -0.2) is 25.2 Å². The van der Waals surface area contributed by atoms with Crippen molar-refractivity contribution in [3.63, 3.8) is 0 Å². The van der Waals surface area contributed by atoms with Crippen LogP contribution >= 0.6 is 23.8 Å². The largest absolute Gasteiger partial charge is 0.375 e. The molecule has 0 heterocycles. The highest BCUT2D eigenvalue weighted by Crippen LogP contribution is 2.13. The van der Waals surface area contributed by atoms with Gasteiger partial charge in [0.25, 0.3) is 0 Å². The van der Waals surface area contributed by atoms with Gasteiger partial charge >= 0.3 is 0 Å². The molecule has 3 nitrogen and oxygen atoms in total. The molecule has 0 spiro atoms. The predicted octanol–water partition coefficient (Wildman–Crippen LogP) is 4.15. The minimum Gasteiger partial charge on any atom is -0.375 e. The lowest BCUT2D eigenvalue weighted by Crippen LogP contribution is -2.31. The maximum atomic E-state index is 5.85. The van der Waals surface area contributed by atoms with E-state index in [-0.39, 0.29) is 0 Å². The maximum absolute atomic E-state index is 5.85. The van der Waals surface area contributed by atoms with E-state index >= 15 is 0 Å². The van der Waals surface area contributed by atoms with Gasteiger partial charge in [-0.05, 0) is 55.0 Å². The molecule has 0 aliphatic rings. The van der Waals surface area contributed by atoms with Gasteiger partial charge in [0.05, 0.1) is 0 Å². The van der Waals surface area contributed by atoms with Crippen LogP contribution in [-0.2, 0) is 0 Å². The average Bonchev–Trinajstić information content (AvgIpc) is 2.54. The highest BCUT2D eigenvalue weighted by Gasteiger charge is 2.00. The number of rotatable bonds is 6. The van der Waals surface area contributed by atoms with Gasteiger partial charge in [0.1, 0.15) is 0 Å². The summed E-state index contributed by atoms with van der Waals surface area (Å²) in [6, 6.07) is 17.8. The fourth-order valence-electron chi connectivity index (χ4n) is 2.04. The van der Waals surface area contributed by atoms with Crippen LogP contribution in [0.15, 0.2) is 54.6 Å². The van der Waals surface area contributed by atoms with Crippen molar-refractivity contribution in [1.29, 1.82) is 0 Å². The molecule has 0 radical (unpaired) electrons. The second-order valence-corrected chi connectivity index (χ2v) is 5.84. The smallest absolute Gasteiger partial charge is 0.170 e. The average molecular weight is 334 g/mol. The van der Waals surface area contributed by atoms with Gasteiger partial charge in [-0.2, -0.15) is 0 Å². The normalized spacial score (nSPS) is 10.1. The zero-order valence-electron chi connectivity index (χ0n) is 12.6. The third-order valence-electron chi connectivity index (χ3n) is 3.25. The van der Waals surface area contributed by atoms with Crippen molar-refractivity contribution >= 4 is 40.3 Å². The monoisotopic (exact) mass is 333 g/mol. The predicted molar refractivity (Wildman–Crippen MR) is 100 cm³/mol. The Hall–Kier alpha value is -1.78. The fraction of sp³-hybridized carbons (Fsp3) is 0.235. The molecule has 0 saturated heterocycles. The number of halogens is 1. The highest BCUT2D eigenvalue weighted by molar-refractivity contribution is 7.80. The summed E-state index contributed by atoms with van der Waals surface area (Å²) < 4.78 is 0. The molecule has 0 aromatic heterocycles. The summed E-state index contributed by atoms with van der Waals surface area (Å²) in [6.07, 6.45) is 1.01. The van der Waals surface area contributed by atoms with Crippen molar-refractivity contribution in [3.8, 4) is 0 Å². The number of thiocarbonyl (C=S) groups is 1. The van der Waals surface area contributed by atoms with E-state index in [1.54, 1.807) is 0 Å². The number of nitrogens with zero attached hydrogens (tertiary/aromatic N) is 1. The molecular weight excluding hydrogens is 314 g/mol. The van der Waals surface area contributed by atoms with E-state index < -0.39 is 0 Å². The van der Waals surface area contributed by atoms with E-state index in [1.807, 2.05) is 30.3 Å². The quantitative estimate of drug-likeness (QED) is 0.613. The molecule has 5 heteroatoms. The minimum absolute atomic E-state index is 0.629. The van der Waals surface area contributed by atoms with E-state index in [1.165, 1.54) is 5.69 Å². The van der Waals surface area contributed by atoms with Gasteiger partial charge in [-0.25, -0.2) is 0 Å². The molecule has 0 bridgehead atoms. The Bertz CT molecular complexity index is 587. The van der Waals surface area contributed by atoms with E-state index in [2.05, 4.69) is 46.8 Å². The molecule has 2 aromatic carbocycles. The van der Waals surface area contributed by atoms with Crippen LogP contribution in [0.3, 0.4) is 0 Å². The van der Waals surface area contributed by atoms with Crippen LogP contribution in [0.25, 0.3) is 0 Å². The Balaban J connectivity index is 1.66. The Morgan fingerprint density at radius 1 is 1.09 bits per heavy atom. The zero-order valence-corrected chi connectivity index (χ0v) is 14.1. The molecule has 0 fully saturated rings. The van der Waals surface area contributed by atoms with Crippen molar-refractivity contribution in [2.75, 3.05) is 30.4 Å². The van der Waals surface area contributed by atoms with Crippen molar-refractivity contribution in [3.05, 3.63) is 59.6 Å². The van der Waals surface area contributed by atoms with Crippen LogP contribution in [0, 0.1) is 0 Å². The van der Waals surface area contributed by atoms with Crippen LogP contribution in [0.5, 0.6) is 0 Å². The number of para-hydroxylation sites is 1. The van der Waals surface area contributed by atoms with Gasteiger partial charge in [0.2, 0.25) is 0 Å². The molecule has 2 N–H and O–H groups in total. The molecule has 2 rings (SSSR count). The van der Waals surface area contributed by atoms with Crippen molar-refractivity contribution in [1.82, 2.24) is 5.32 Å². The maximum Gasteiger partial charge on any atom is 0.170 e. The van der Waals surface area contributed by atoms with Crippen molar-refractivity contribution < 1.29 is 0 Å². The topological polar surface area (TPSA) is 27.3 Å². The van der Waals surface area contributed by atoms with Gasteiger partial charge in [-0.15, -0.1) is 0 Å². The number of hydrogen-bond donors (Lipinski definition) is 2.